The number of methoxy groups -OCH3 is 1. The van der Waals surface area contributed by atoms with Crippen molar-refractivity contribution in [3.8, 4) is 0 Å². The van der Waals surface area contributed by atoms with Crippen LogP contribution >= 0.6 is 0 Å². The van der Waals surface area contributed by atoms with Crippen molar-refractivity contribution in [3.05, 3.63) is 39.4 Å². The van der Waals surface area contributed by atoms with Gasteiger partial charge in [-0.05, 0) is 18.9 Å². The number of hydrogen-bond acceptors (Lipinski definition) is 4. The lowest BCUT2D eigenvalue weighted by Crippen LogP contribution is -2.25. The number of amides is 1. The van der Waals surface area contributed by atoms with Gasteiger partial charge in [0.2, 0.25) is 0 Å². The monoisotopic (exact) mass is 288 g/mol. The Morgan fingerprint density at radius 3 is 2.60 bits per heavy atom. The van der Waals surface area contributed by atoms with Gasteiger partial charge in [-0.1, -0.05) is 0 Å². The molecule has 0 radical (unpaired) electrons. The Balaban J connectivity index is 2.76. The SMILES string of the molecule is COCCCCNC(=O)c1cc(F)c(F)cc1[N+](=O)[O-]. The zero-order valence-corrected chi connectivity index (χ0v) is 10.8. The van der Waals surface area contributed by atoms with Gasteiger partial charge in [-0.15, -0.1) is 0 Å². The molecule has 0 atom stereocenters. The number of nitrogens with zero attached hydrogens (tertiary/aromatic N) is 1. The lowest BCUT2D eigenvalue weighted by molar-refractivity contribution is -0.385. The van der Waals surface area contributed by atoms with Gasteiger partial charge >= 0.3 is 0 Å². The van der Waals surface area contributed by atoms with E-state index in [4.69, 9.17) is 4.74 Å². The summed E-state index contributed by atoms with van der Waals surface area (Å²) < 4.78 is 30.8. The van der Waals surface area contributed by atoms with Crippen LogP contribution in [0.2, 0.25) is 0 Å². The number of carbonyl (C=O) groups is 1. The van der Waals surface area contributed by atoms with Crippen LogP contribution in [0.5, 0.6) is 0 Å². The number of nitrogens with one attached hydrogen (secondary N) is 1. The Hall–Kier alpha value is -2.09. The van der Waals surface area contributed by atoms with Gasteiger partial charge < -0.3 is 10.1 Å². The summed E-state index contributed by atoms with van der Waals surface area (Å²) in [5.41, 5.74) is -1.26. The third-order valence-corrected chi connectivity index (χ3v) is 2.54. The standard InChI is InChI=1S/C12H14F2N2O4/c1-20-5-3-2-4-15-12(17)8-6-9(13)10(14)7-11(8)16(18)19/h6-7H,2-5H2,1H3,(H,15,17). The number of hydrogen-bond donors (Lipinski definition) is 1. The number of benzene rings is 1. The summed E-state index contributed by atoms with van der Waals surface area (Å²) in [6.45, 7) is 0.791. The van der Waals surface area contributed by atoms with E-state index in [-0.39, 0.29) is 6.54 Å². The van der Waals surface area contributed by atoms with E-state index in [2.05, 4.69) is 5.32 Å². The molecule has 0 aliphatic carbocycles. The summed E-state index contributed by atoms with van der Waals surface area (Å²) in [5.74, 6) is -3.48. The Labute approximate surface area is 113 Å². The molecule has 0 heterocycles. The van der Waals surface area contributed by atoms with Crippen molar-refractivity contribution < 1.29 is 23.2 Å². The molecule has 110 valence electrons. The number of halogens is 2. The molecular weight excluding hydrogens is 274 g/mol. The molecule has 8 heteroatoms. The van der Waals surface area contributed by atoms with Crippen LogP contribution in [0.1, 0.15) is 23.2 Å². The number of rotatable bonds is 7. The molecule has 20 heavy (non-hydrogen) atoms. The van der Waals surface area contributed by atoms with Crippen molar-refractivity contribution in [2.45, 2.75) is 12.8 Å². The highest BCUT2D eigenvalue weighted by Crippen LogP contribution is 2.22. The molecule has 1 rings (SSSR count). The second kappa shape index (κ2) is 7.49. The number of nitro benzene ring substituents is 1. The van der Waals surface area contributed by atoms with Crippen molar-refractivity contribution in [1.29, 1.82) is 0 Å². The highest BCUT2D eigenvalue weighted by Gasteiger charge is 2.23. The van der Waals surface area contributed by atoms with E-state index in [0.29, 0.717) is 31.6 Å². The van der Waals surface area contributed by atoms with Crippen LogP contribution in [0.4, 0.5) is 14.5 Å². The van der Waals surface area contributed by atoms with Gasteiger partial charge in [0.1, 0.15) is 5.56 Å². The maximum Gasteiger partial charge on any atom is 0.285 e. The highest BCUT2D eigenvalue weighted by molar-refractivity contribution is 5.98. The summed E-state index contributed by atoms with van der Waals surface area (Å²) >= 11 is 0. The molecule has 1 aromatic carbocycles. The number of unbranched alkanes of at least 4 members (excludes halogenated alkanes) is 1. The summed E-state index contributed by atoms with van der Waals surface area (Å²) in [4.78, 5) is 21.5. The van der Waals surface area contributed by atoms with Crippen LogP contribution in [0.25, 0.3) is 0 Å². The first-order valence-corrected chi connectivity index (χ1v) is 5.88. The van der Waals surface area contributed by atoms with Gasteiger partial charge in [-0.2, -0.15) is 0 Å². The summed E-state index contributed by atoms with van der Waals surface area (Å²) in [6, 6.07) is 0.924. The number of carbonyl (C=O) groups excluding carboxylic acids is 1. The highest BCUT2D eigenvalue weighted by atomic mass is 19.2. The van der Waals surface area contributed by atoms with E-state index < -0.39 is 33.7 Å². The minimum absolute atomic E-state index is 0.262. The van der Waals surface area contributed by atoms with Crippen molar-refractivity contribution in [2.24, 2.45) is 0 Å². The molecule has 0 aliphatic heterocycles. The van der Waals surface area contributed by atoms with Gasteiger partial charge in [0.05, 0.1) is 11.0 Å². The fraction of sp³-hybridized carbons (Fsp3) is 0.417. The average Bonchev–Trinajstić information content (AvgIpc) is 2.40. The van der Waals surface area contributed by atoms with E-state index in [9.17, 15) is 23.7 Å². The Kier molecular flexibility index (Phi) is 5.98. The van der Waals surface area contributed by atoms with Crippen LogP contribution in [0, 0.1) is 21.7 Å². The molecule has 1 amide bonds. The Morgan fingerprint density at radius 2 is 2.00 bits per heavy atom. The largest absolute Gasteiger partial charge is 0.385 e. The van der Waals surface area contributed by atoms with Gasteiger partial charge in [-0.25, -0.2) is 8.78 Å². The zero-order chi connectivity index (χ0) is 15.1. The average molecular weight is 288 g/mol. The fourth-order valence-corrected chi connectivity index (χ4v) is 1.54. The van der Waals surface area contributed by atoms with Crippen LogP contribution < -0.4 is 5.32 Å². The van der Waals surface area contributed by atoms with E-state index in [1.165, 1.54) is 0 Å². The molecule has 0 unspecified atom stereocenters. The lowest BCUT2D eigenvalue weighted by Gasteiger charge is -2.06. The minimum atomic E-state index is -1.37. The second-order valence-corrected chi connectivity index (χ2v) is 4.00. The molecule has 0 bridgehead atoms. The predicted octanol–water partition coefficient (Wildman–Crippen LogP) is 2.03. The van der Waals surface area contributed by atoms with Gasteiger partial charge in [0, 0.05) is 20.3 Å². The fourth-order valence-electron chi connectivity index (χ4n) is 1.54. The topological polar surface area (TPSA) is 81.5 Å². The maximum absolute atomic E-state index is 13.1. The first-order valence-electron chi connectivity index (χ1n) is 5.88. The van der Waals surface area contributed by atoms with Crippen molar-refractivity contribution in [3.63, 3.8) is 0 Å². The molecule has 1 N–H and O–H groups in total. The minimum Gasteiger partial charge on any atom is -0.385 e. The molecule has 6 nitrogen and oxygen atoms in total. The number of ether oxygens (including phenoxy) is 1. The van der Waals surface area contributed by atoms with Gasteiger partial charge in [0.15, 0.2) is 11.6 Å². The smallest absolute Gasteiger partial charge is 0.285 e. The zero-order valence-electron chi connectivity index (χ0n) is 10.8. The van der Waals surface area contributed by atoms with Crippen molar-refractivity contribution in [1.82, 2.24) is 5.32 Å². The Morgan fingerprint density at radius 1 is 1.35 bits per heavy atom. The van der Waals surface area contributed by atoms with Crippen LogP contribution in [-0.2, 0) is 4.74 Å². The molecular formula is C12H14F2N2O4. The van der Waals surface area contributed by atoms with E-state index >= 15 is 0 Å². The van der Waals surface area contributed by atoms with Crippen molar-refractivity contribution >= 4 is 11.6 Å². The van der Waals surface area contributed by atoms with E-state index in [1.54, 1.807) is 7.11 Å². The van der Waals surface area contributed by atoms with Crippen LogP contribution in [-0.4, -0.2) is 31.1 Å². The summed E-state index contributed by atoms with van der Waals surface area (Å²) in [6.07, 6.45) is 1.31. The predicted molar refractivity (Wildman–Crippen MR) is 66.5 cm³/mol. The third-order valence-electron chi connectivity index (χ3n) is 2.54. The first-order chi connectivity index (χ1) is 9.47. The molecule has 1 aromatic rings. The van der Waals surface area contributed by atoms with E-state index in [0.717, 1.165) is 0 Å². The molecule has 0 aliphatic rings. The lowest BCUT2D eigenvalue weighted by atomic mass is 10.1. The first kappa shape index (κ1) is 16.0. The van der Waals surface area contributed by atoms with Crippen LogP contribution in [0.15, 0.2) is 12.1 Å². The third kappa shape index (κ3) is 4.23. The van der Waals surface area contributed by atoms with Crippen molar-refractivity contribution in [2.75, 3.05) is 20.3 Å². The molecule has 0 saturated carbocycles. The quantitative estimate of drug-likeness (QED) is 0.473. The van der Waals surface area contributed by atoms with Gasteiger partial charge in [0.25, 0.3) is 11.6 Å². The summed E-state index contributed by atoms with van der Waals surface area (Å²) in [7, 11) is 1.54. The maximum atomic E-state index is 13.1. The number of nitro groups is 1. The Bertz CT molecular complexity index is 508. The molecule has 0 aromatic heterocycles. The normalized spacial score (nSPS) is 10.3. The molecule has 0 fully saturated rings. The molecule has 0 saturated heterocycles. The second-order valence-electron chi connectivity index (χ2n) is 4.00. The molecule has 0 spiro atoms. The van der Waals surface area contributed by atoms with Crippen LogP contribution in [0.3, 0.4) is 0 Å². The van der Waals surface area contributed by atoms with E-state index in [1.807, 2.05) is 0 Å². The van der Waals surface area contributed by atoms with Gasteiger partial charge in [-0.3, -0.25) is 14.9 Å². The summed E-state index contributed by atoms with van der Waals surface area (Å²) in [5, 5.41) is 13.1.